The summed E-state index contributed by atoms with van der Waals surface area (Å²) in [5, 5.41) is 3.15. The Morgan fingerprint density at radius 3 is 2.78 bits per heavy atom. The van der Waals surface area contributed by atoms with E-state index in [4.69, 9.17) is 0 Å². The van der Waals surface area contributed by atoms with Gasteiger partial charge in [0.1, 0.15) is 5.82 Å². The van der Waals surface area contributed by atoms with E-state index in [-0.39, 0.29) is 24.1 Å². The molecule has 0 radical (unpaired) electrons. The lowest BCUT2D eigenvalue weighted by molar-refractivity contribution is 0.0789. The Hall–Kier alpha value is -1.13. The third-order valence-corrected chi connectivity index (χ3v) is 3.30. The van der Waals surface area contributed by atoms with Crippen LogP contribution in [-0.2, 0) is 0 Å². The average molecular weight is 273 g/mol. The van der Waals surface area contributed by atoms with Gasteiger partial charge in [0, 0.05) is 24.7 Å². The second kappa shape index (κ2) is 6.16. The van der Waals surface area contributed by atoms with Crippen LogP contribution in [0, 0.1) is 12.7 Å². The Kier molecular flexibility index (Phi) is 5.11. The van der Waals surface area contributed by atoms with Crippen LogP contribution in [0.5, 0.6) is 0 Å². The predicted octanol–water partition coefficient (Wildman–Crippen LogP) is 1.99. The molecule has 1 aromatic carbocycles. The summed E-state index contributed by atoms with van der Waals surface area (Å²) in [4.78, 5) is 13.9. The smallest absolute Gasteiger partial charge is 0.254 e. The van der Waals surface area contributed by atoms with Crippen LogP contribution in [0.25, 0.3) is 0 Å². The Morgan fingerprint density at radius 2 is 2.22 bits per heavy atom. The molecule has 3 nitrogen and oxygen atoms in total. The molecule has 5 heteroatoms. The van der Waals surface area contributed by atoms with Gasteiger partial charge in [0.05, 0.1) is 0 Å². The third kappa shape index (κ3) is 3.00. The summed E-state index contributed by atoms with van der Waals surface area (Å²) in [6.07, 6.45) is 0.955. The monoisotopic (exact) mass is 272 g/mol. The number of rotatable bonds is 2. The van der Waals surface area contributed by atoms with E-state index < -0.39 is 0 Å². The zero-order chi connectivity index (χ0) is 12.4. The summed E-state index contributed by atoms with van der Waals surface area (Å²) in [7, 11) is 1.89. The minimum atomic E-state index is -0.319. The van der Waals surface area contributed by atoms with Crippen molar-refractivity contribution in [3.63, 3.8) is 0 Å². The summed E-state index contributed by atoms with van der Waals surface area (Å²) in [5.41, 5.74) is 1.00. The van der Waals surface area contributed by atoms with Crippen LogP contribution in [0.4, 0.5) is 4.39 Å². The number of nitrogens with zero attached hydrogens (tertiary/aromatic N) is 1. The molecule has 1 aliphatic rings. The Labute approximate surface area is 113 Å². The van der Waals surface area contributed by atoms with Crippen LogP contribution in [0.15, 0.2) is 18.2 Å². The number of carbonyl (C=O) groups excluding carboxylic acids is 1. The van der Waals surface area contributed by atoms with E-state index >= 15 is 0 Å². The zero-order valence-electron chi connectivity index (χ0n) is 10.6. The lowest BCUT2D eigenvalue weighted by atomic mass is 10.1. The summed E-state index contributed by atoms with van der Waals surface area (Å²) < 4.78 is 13.4. The van der Waals surface area contributed by atoms with Crippen LogP contribution in [0.2, 0.25) is 0 Å². The first-order valence-electron chi connectivity index (χ1n) is 5.84. The van der Waals surface area contributed by atoms with Crippen molar-refractivity contribution in [1.29, 1.82) is 0 Å². The van der Waals surface area contributed by atoms with E-state index in [9.17, 15) is 9.18 Å². The fourth-order valence-corrected chi connectivity index (χ4v) is 2.09. The lowest BCUT2D eigenvalue weighted by Gasteiger charge is -2.16. The summed E-state index contributed by atoms with van der Waals surface area (Å²) in [6, 6.07) is 5.01. The average Bonchev–Trinajstić information content (AvgIpc) is 2.80. The molecule has 0 spiro atoms. The van der Waals surface area contributed by atoms with Gasteiger partial charge < -0.3 is 10.2 Å². The van der Waals surface area contributed by atoms with Crippen molar-refractivity contribution in [2.24, 2.45) is 0 Å². The van der Waals surface area contributed by atoms with Gasteiger partial charge in [0.2, 0.25) is 0 Å². The highest BCUT2D eigenvalue weighted by atomic mass is 35.5. The largest absolute Gasteiger partial charge is 0.337 e. The topological polar surface area (TPSA) is 32.3 Å². The number of likely N-dealkylation sites (tertiary alicyclic amines) is 1. The molecule has 1 unspecified atom stereocenters. The van der Waals surface area contributed by atoms with Gasteiger partial charge in [-0.15, -0.1) is 12.4 Å². The highest BCUT2D eigenvalue weighted by Crippen LogP contribution is 2.15. The first kappa shape index (κ1) is 14.9. The second-order valence-electron chi connectivity index (χ2n) is 4.49. The molecule has 1 saturated heterocycles. The molecule has 1 N–H and O–H groups in total. The second-order valence-corrected chi connectivity index (χ2v) is 4.49. The van der Waals surface area contributed by atoms with E-state index in [0.29, 0.717) is 23.7 Å². The van der Waals surface area contributed by atoms with Gasteiger partial charge in [-0.25, -0.2) is 4.39 Å². The normalized spacial score (nSPS) is 18.6. The number of nitrogens with one attached hydrogen (secondary N) is 1. The highest BCUT2D eigenvalue weighted by molar-refractivity contribution is 5.94. The maximum Gasteiger partial charge on any atom is 0.254 e. The van der Waals surface area contributed by atoms with Crippen LogP contribution in [0.1, 0.15) is 22.3 Å². The molecular weight excluding hydrogens is 255 g/mol. The number of benzene rings is 1. The Morgan fingerprint density at radius 1 is 1.50 bits per heavy atom. The van der Waals surface area contributed by atoms with Crippen molar-refractivity contribution in [1.82, 2.24) is 10.2 Å². The quantitative estimate of drug-likeness (QED) is 0.893. The van der Waals surface area contributed by atoms with Gasteiger partial charge in [0.15, 0.2) is 0 Å². The van der Waals surface area contributed by atoms with Crippen molar-refractivity contribution < 1.29 is 9.18 Å². The number of likely N-dealkylation sites (N-methyl/N-ethyl adjacent to an activating group) is 1. The number of hydrogen-bond donors (Lipinski definition) is 1. The van der Waals surface area contributed by atoms with Gasteiger partial charge in [-0.3, -0.25) is 4.79 Å². The molecule has 18 heavy (non-hydrogen) atoms. The molecule has 1 amide bonds. The molecule has 0 bridgehead atoms. The fraction of sp³-hybridized carbons (Fsp3) is 0.462. The maximum absolute atomic E-state index is 13.4. The summed E-state index contributed by atoms with van der Waals surface area (Å²) in [6.45, 7) is 3.13. The van der Waals surface area contributed by atoms with E-state index in [1.165, 1.54) is 6.07 Å². The SMILES string of the molecule is CNC1CCN(C(=O)c2ccc(C)c(F)c2)C1.Cl. The van der Waals surface area contributed by atoms with Crippen molar-refractivity contribution >= 4 is 18.3 Å². The van der Waals surface area contributed by atoms with Crippen LogP contribution in [-0.4, -0.2) is 37.0 Å². The molecule has 0 aromatic heterocycles. The number of halogens is 2. The molecule has 0 saturated carbocycles. The molecule has 0 aliphatic carbocycles. The van der Waals surface area contributed by atoms with E-state index in [1.807, 2.05) is 7.05 Å². The number of aryl methyl sites for hydroxylation is 1. The molecular formula is C13H18ClFN2O. The summed E-state index contributed by atoms with van der Waals surface area (Å²) in [5.74, 6) is -0.401. The van der Waals surface area contributed by atoms with E-state index in [1.54, 1.807) is 24.0 Å². The van der Waals surface area contributed by atoms with Crippen molar-refractivity contribution in [2.45, 2.75) is 19.4 Å². The predicted molar refractivity (Wildman–Crippen MR) is 71.8 cm³/mol. The zero-order valence-corrected chi connectivity index (χ0v) is 11.4. The van der Waals surface area contributed by atoms with E-state index in [2.05, 4.69) is 5.32 Å². The number of carbonyl (C=O) groups is 1. The third-order valence-electron chi connectivity index (χ3n) is 3.30. The number of amides is 1. The van der Waals surface area contributed by atoms with Crippen molar-refractivity contribution in [3.8, 4) is 0 Å². The Bertz CT molecular complexity index is 439. The lowest BCUT2D eigenvalue weighted by Crippen LogP contribution is -2.33. The first-order chi connectivity index (χ1) is 8.11. The van der Waals surface area contributed by atoms with Gasteiger partial charge in [-0.05, 0) is 38.1 Å². The van der Waals surface area contributed by atoms with Crippen LogP contribution < -0.4 is 5.32 Å². The molecule has 1 aromatic rings. The fourth-order valence-electron chi connectivity index (χ4n) is 2.09. The van der Waals surface area contributed by atoms with Gasteiger partial charge in [-0.2, -0.15) is 0 Å². The Balaban J connectivity index is 0.00000162. The molecule has 1 aliphatic heterocycles. The van der Waals surface area contributed by atoms with Crippen molar-refractivity contribution in [3.05, 3.63) is 35.1 Å². The highest BCUT2D eigenvalue weighted by Gasteiger charge is 2.25. The molecule has 100 valence electrons. The minimum Gasteiger partial charge on any atom is -0.337 e. The van der Waals surface area contributed by atoms with Gasteiger partial charge in [0.25, 0.3) is 5.91 Å². The van der Waals surface area contributed by atoms with Crippen LogP contribution >= 0.6 is 12.4 Å². The number of hydrogen-bond acceptors (Lipinski definition) is 2. The molecule has 2 rings (SSSR count). The summed E-state index contributed by atoms with van der Waals surface area (Å²) >= 11 is 0. The van der Waals surface area contributed by atoms with E-state index in [0.717, 1.165) is 13.0 Å². The van der Waals surface area contributed by atoms with Crippen molar-refractivity contribution in [2.75, 3.05) is 20.1 Å². The maximum atomic E-state index is 13.4. The van der Waals surface area contributed by atoms with Gasteiger partial charge >= 0.3 is 0 Å². The van der Waals surface area contributed by atoms with Gasteiger partial charge in [-0.1, -0.05) is 6.07 Å². The minimum absolute atomic E-state index is 0. The first-order valence-corrected chi connectivity index (χ1v) is 5.84. The molecule has 1 atom stereocenters. The van der Waals surface area contributed by atoms with Crippen LogP contribution in [0.3, 0.4) is 0 Å². The molecule has 1 fully saturated rings. The molecule has 1 heterocycles. The standard InChI is InChI=1S/C13H17FN2O.ClH/c1-9-3-4-10(7-12(9)14)13(17)16-6-5-11(8-16)15-2;/h3-4,7,11,15H,5-6,8H2,1-2H3;1H.